The van der Waals surface area contributed by atoms with E-state index >= 15 is 0 Å². The molecule has 2 aliphatic carbocycles. The molecule has 1 aliphatic heterocycles. The lowest BCUT2D eigenvalue weighted by Crippen LogP contribution is -1.96. The lowest BCUT2D eigenvalue weighted by molar-refractivity contribution is 0.903. The van der Waals surface area contributed by atoms with E-state index in [2.05, 4.69) is 105 Å². The third kappa shape index (κ3) is 3.40. The predicted octanol–water partition coefficient (Wildman–Crippen LogP) is 7.47. The van der Waals surface area contributed by atoms with Crippen LogP contribution in [0.15, 0.2) is 87.2 Å². The van der Waals surface area contributed by atoms with Crippen molar-refractivity contribution in [3.05, 3.63) is 98.3 Å². The van der Waals surface area contributed by atoms with Crippen molar-refractivity contribution in [2.24, 2.45) is 5.92 Å². The summed E-state index contributed by atoms with van der Waals surface area (Å²) >= 11 is 1.94. The van der Waals surface area contributed by atoms with E-state index in [1.54, 1.807) is 5.57 Å². The number of rotatable bonds is 1. The maximum atomic E-state index is 3.79. The molecular weight excluding hydrogens is 372 g/mol. The van der Waals surface area contributed by atoms with Gasteiger partial charge in [-0.3, -0.25) is 0 Å². The van der Waals surface area contributed by atoms with Crippen molar-refractivity contribution in [2.45, 2.75) is 33.2 Å². The van der Waals surface area contributed by atoms with Crippen molar-refractivity contribution >= 4 is 28.1 Å². The van der Waals surface area contributed by atoms with Gasteiger partial charge in [0.2, 0.25) is 0 Å². The molecule has 0 saturated heterocycles. The minimum Gasteiger partial charge on any atom is -0.0983 e. The third-order valence-corrected chi connectivity index (χ3v) is 7.87. The van der Waals surface area contributed by atoms with Crippen molar-refractivity contribution in [3.63, 3.8) is 0 Å². The van der Waals surface area contributed by atoms with Crippen molar-refractivity contribution in [1.29, 1.82) is 0 Å². The highest BCUT2D eigenvalue weighted by atomic mass is 32.2. The minimum atomic E-state index is 0.369. The molecule has 2 heteroatoms. The topological polar surface area (TPSA) is 0 Å². The zero-order chi connectivity index (χ0) is 19.8. The van der Waals surface area contributed by atoms with Gasteiger partial charge in [-0.15, -0.1) is 0 Å². The van der Waals surface area contributed by atoms with Gasteiger partial charge in [0.1, 0.15) is 0 Å². The molecule has 3 aliphatic rings. The Balaban J connectivity index is 0.000000151. The van der Waals surface area contributed by atoms with Crippen molar-refractivity contribution in [1.82, 2.24) is 0 Å². The van der Waals surface area contributed by atoms with Crippen molar-refractivity contribution in [2.75, 3.05) is 0 Å². The van der Waals surface area contributed by atoms with Gasteiger partial charge >= 0.3 is 0 Å². The van der Waals surface area contributed by atoms with Crippen LogP contribution in [0.3, 0.4) is 0 Å². The van der Waals surface area contributed by atoms with Crippen LogP contribution in [0.5, 0.6) is 0 Å². The summed E-state index contributed by atoms with van der Waals surface area (Å²) in [6.45, 7) is 8.85. The zero-order valence-corrected chi connectivity index (χ0v) is 18.7. The normalized spacial score (nSPS) is 22.1. The third-order valence-electron chi connectivity index (χ3n) is 5.87. The molecule has 0 N–H and O–H groups in total. The molecule has 2 unspecified atom stereocenters. The smallest absolute Gasteiger partial charge is 0.0392 e. The molecular formula is C26H25SSi. The Morgan fingerprint density at radius 2 is 1.57 bits per heavy atom. The van der Waals surface area contributed by atoms with Crippen LogP contribution in [0, 0.1) is 5.92 Å². The summed E-state index contributed by atoms with van der Waals surface area (Å²) in [6.07, 6.45) is 6.78. The van der Waals surface area contributed by atoms with Gasteiger partial charge in [-0.2, -0.15) is 0 Å². The maximum absolute atomic E-state index is 3.79. The largest absolute Gasteiger partial charge is 0.0983 e. The summed E-state index contributed by atoms with van der Waals surface area (Å²) in [4.78, 5) is 3.02. The van der Waals surface area contributed by atoms with Crippen molar-refractivity contribution in [3.8, 4) is 11.1 Å². The van der Waals surface area contributed by atoms with Gasteiger partial charge in [-0.25, -0.2) is 0 Å². The molecule has 2 aromatic rings. The molecule has 0 fully saturated rings. The van der Waals surface area contributed by atoms with E-state index in [1.165, 1.54) is 43.2 Å². The molecule has 0 saturated carbocycles. The Hall–Kier alpha value is -2.03. The zero-order valence-electron chi connectivity index (χ0n) is 16.9. The Morgan fingerprint density at radius 1 is 0.821 bits per heavy atom. The molecule has 28 heavy (non-hydrogen) atoms. The van der Waals surface area contributed by atoms with Gasteiger partial charge in [0.05, 0.1) is 0 Å². The van der Waals surface area contributed by atoms with E-state index in [-0.39, 0.29) is 0 Å². The van der Waals surface area contributed by atoms with E-state index in [0.717, 1.165) is 0 Å². The lowest BCUT2D eigenvalue weighted by Gasteiger charge is -2.10. The Bertz CT molecular complexity index is 1040. The van der Waals surface area contributed by atoms with Gasteiger partial charge in [0.25, 0.3) is 0 Å². The first-order chi connectivity index (χ1) is 13.5. The second-order valence-corrected chi connectivity index (χ2v) is 9.62. The SMILES string of the molecule is CC1=CC=C2SC(C)=C(C)C12.CC1=Cc2c(-c3ccccc3)cccc2C1[Si]. The molecule has 139 valence electrons. The fourth-order valence-corrected chi connectivity index (χ4v) is 5.74. The van der Waals surface area contributed by atoms with Gasteiger partial charge in [0, 0.05) is 21.1 Å². The summed E-state index contributed by atoms with van der Waals surface area (Å²) < 4.78 is 0. The van der Waals surface area contributed by atoms with E-state index in [9.17, 15) is 0 Å². The van der Waals surface area contributed by atoms with E-state index in [0.29, 0.717) is 11.5 Å². The van der Waals surface area contributed by atoms with Crippen LogP contribution >= 0.6 is 11.8 Å². The quantitative estimate of drug-likeness (QED) is 0.450. The van der Waals surface area contributed by atoms with Crippen molar-refractivity contribution < 1.29 is 0 Å². The van der Waals surface area contributed by atoms with Crippen LogP contribution in [0.1, 0.15) is 44.4 Å². The fourth-order valence-electron chi connectivity index (χ4n) is 4.16. The first kappa shape index (κ1) is 19.3. The highest BCUT2D eigenvalue weighted by Crippen LogP contribution is 2.50. The van der Waals surface area contributed by atoms with Gasteiger partial charge in [-0.05, 0) is 60.4 Å². The molecule has 0 bridgehead atoms. The number of thioether (sulfide) groups is 1. The Morgan fingerprint density at radius 3 is 2.29 bits per heavy atom. The number of benzene rings is 2. The standard InChI is InChI=1S/C16H13Si.C10H12S/c1-11-10-15-13(12-6-3-2-4-7-12)8-5-9-14(15)16(11)17;1-6-4-5-9-10(6)7(2)8(3)11-9/h2-10,16H,1H3;4-5,10H,1-3H3. The summed E-state index contributed by atoms with van der Waals surface area (Å²) in [5, 5.41) is 0. The van der Waals surface area contributed by atoms with Crippen LogP contribution in [-0.2, 0) is 0 Å². The fraction of sp³-hybridized carbons (Fsp3) is 0.231. The maximum Gasteiger partial charge on any atom is 0.0392 e. The van der Waals surface area contributed by atoms with Crippen LogP contribution in [0.2, 0.25) is 0 Å². The van der Waals surface area contributed by atoms with E-state index in [1.807, 2.05) is 11.8 Å². The first-order valence-electron chi connectivity index (χ1n) is 9.78. The molecule has 3 radical (unpaired) electrons. The van der Waals surface area contributed by atoms with Crippen LogP contribution in [0.25, 0.3) is 17.2 Å². The molecule has 2 aromatic carbocycles. The summed E-state index contributed by atoms with van der Waals surface area (Å²) in [5.41, 5.74) is 10.1. The molecule has 2 atom stereocenters. The molecule has 0 aromatic heterocycles. The van der Waals surface area contributed by atoms with E-state index in [4.69, 9.17) is 0 Å². The average molecular weight is 398 g/mol. The Kier molecular flexibility index (Phi) is 5.35. The highest BCUT2D eigenvalue weighted by molar-refractivity contribution is 8.07. The number of hydrogen-bond donors (Lipinski definition) is 0. The van der Waals surface area contributed by atoms with Crippen LogP contribution in [0.4, 0.5) is 0 Å². The first-order valence-corrected chi connectivity index (χ1v) is 11.2. The molecule has 1 heterocycles. The van der Waals surface area contributed by atoms with Gasteiger partial charge in [0.15, 0.2) is 0 Å². The predicted molar refractivity (Wildman–Crippen MR) is 125 cm³/mol. The van der Waals surface area contributed by atoms with Gasteiger partial charge < -0.3 is 0 Å². The molecule has 0 amide bonds. The monoisotopic (exact) mass is 397 g/mol. The average Bonchev–Trinajstić information content (AvgIpc) is 3.31. The second-order valence-electron chi connectivity index (χ2n) is 7.75. The number of fused-ring (bicyclic) bond motifs is 2. The second kappa shape index (κ2) is 7.77. The van der Waals surface area contributed by atoms with E-state index < -0.39 is 0 Å². The summed E-state index contributed by atoms with van der Waals surface area (Å²) in [7, 11) is 3.79. The number of hydrogen-bond acceptors (Lipinski definition) is 1. The molecule has 5 rings (SSSR count). The molecule has 0 nitrogen and oxygen atoms in total. The van der Waals surface area contributed by atoms with Gasteiger partial charge in [-0.1, -0.05) is 95.2 Å². The highest BCUT2D eigenvalue weighted by Gasteiger charge is 2.29. The Labute approximate surface area is 176 Å². The summed E-state index contributed by atoms with van der Waals surface area (Å²) in [6, 6.07) is 17.1. The van der Waals surface area contributed by atoms with Crippen LogP contribution in [-0.4, -0.2) is 10.2 Å². The lowest BCUT2D eigenvalue weighted by atomic mass is 9.96. The molecule has 0 spiro atoms. The number of allylic oxidation sites excluding steroid dienone is 7. The van der Waals surface area contributed by atoms with Crippen LogP contribution < -0.4 is 0 Å². The minimum absolute atomic E-state index is 0.369. The summed E-state index contributed by atoms with van der Waals surface area (Å²) in [5.74, 6) is 0.653.